The summed E-state index contributed by atoms with van der Waals surface area (Å²) in [6.45, 7) is 1.88. The zero-order valence-electron chi connectivity index (χ0n) is 17.7. The first-order valence-corrected chi connectivity index (χ1v) is 11.3. The molecule has 0 aromatic heterocycles. The van der Waals surface area contributed by atoms with Gasteiger partial charge in [0.1, 0.15) is 0 Å². The maximum absolute atomic E-state index is 13.2. The first-order valence-electron chi connectivity index (χ1n) is 11.3. The monoisotopic (exact) mass is 414 g/mol. The Bertz CT molecular complexity index is 1100. The van der Waals surface area contributed by atoms with E-state index in [0.717, 1.165) is 42.6 Å². The average Bonchev–Trinajstić information content (AvgIpc) is 2.97. The second-order valence-electron chi connectivity index (χ2n) is 10.1. The Hall–Kier alpha value is -2.95. The predicted molar refractivity (Wildman–Crippen MR) is 117 cm³/mol. The lowest BCUT2D eigenvalue weighted by Crippen LogP contribution is -2.59. The van der Waals surface area contributed by atoms with Crippen LogP contribution in [0.4, 0.5) is 5.69 Å². The molecule has 4 bridgehead atoms. The summed E-state index contributed by atoms with van der Waals surface area (Å²) in [6.07, 6.45) is 7.19. The molecule has 4 aliphatic carbocycles. The van der Waals surface area contributed by atoms with Gasteiger partial charge in [-0.25, -0.2) is 4.90 Å². The van der Waals surface area contributed by atoms with Gasteiger partial charge in [-0.3, -0.25) is 14.4 Å². The van der Waals surface area contributed by atoms with Gasteiger partial charge in [-0.2, -0.15) is 0 Å². The topological polar surface area (TPSA) is 66.5 Å². The highest BCUT2D eigenvalue weighted by Crippen LogP contribution is 2.55. The molecule has 0 radical (unpaired) electrons. The van der Waals surface area contributed by atoms with Crippen LogP contribution in [-0.2, 0) is 0 Å². The fraction of sp³-hybridized carbons (Fsp3) is 0.423. The third-order valence-corrected chi connectivity index (χ3v) is 7.92. The third-order valence-electron chi connectivity index (χ3n) is 7.92. The Balaban J connectivity index is 1.28. The van der Waals surface area contributed by atoms with Crippen molar-refractivity contribution >= 4 is 23.4 Å². The van der Waals surface area contributed by atoms with Crippen LogP contribution >= 0.6 is 0 Å². The summed E-state index contributed by atoms with van der Waals surface area (Å²) in [7, 11) is 0. The molecule has 2 aromatic rings. The smallest absolute Gasteiger partial charge is 0.266 e. The van der Waals surface area contributed by atoms with Crippen LogP contribution in [-0.4, -0.2) is 23.3 Å². The number of fused-ring (bicyclic) bond motifs is 1. The molecule has 0 atom stereocenters. The number of aryl methyl sites for hydroxylation is 1. The summed E-state index contributed by atoms with van der Waals surface area (Å²) in [5, 5.41) is 3.36. The Morgan fingerprint density at radius 2 is 1.52 bits per heavy atom. The van der Waals surface area contributed by atoms with E-state index in [1.807, 2.05) is 25.1 Å². The molecule has 2 aromatic carbocycles. The third kappa shape index (κ3) is 2.86. The van der Waals surface area contributed by atoms with E-state index in [-0.39, 0.29) is 23.3 Å². The highest BCUT2D eigenvalue weighted by Gasteiger charge is 2.51. The van der Waals surface area contributed by atoms with Crippen LogP contribution in [0, 0.1) is 24.7 Å². The summed E-state index contributed by atoms with van der Waals surface area (Å²) < 4.78 is 0. The minimum Gasteiger partial charge on any atom is -0.347 e. The van der Waals surface area contributed by atoms with Crippen LogP contribution in [0.1, 0.15) is 75.2 Å². The van der Waals surface area contributed by atoms with Crippen molar-refractivity contribution in [2.45, 2.75) is 51.0 Å². The second kappa shape index (κ2) is 6.52. The maximum Gasteiger partial charge on any atom is 0.266 e. The highest BCUT2D eigenvalue weighted by atomic mass is 16.2. The zero-order chi connectivity index (χ0) is 21.3. The van der Waals surface area contributed by atoms with Crippen molar-refractivity contribution in [3.63, 3.8) is 0 Å². The first-order chi connectivity index (χ1) is 14.9. The fourth-order valence-electron chi connectivity index (χ4n) is 6.99. The number of nitrogens with one attached hydrogen (secondary N) is 1. The Morgan fingerprint density at radius 1 is 0.903 bits per heavy atom. The molecule has 7 rings (SSSR count). The van der Waals surface area contributed by atoms with Crippen LogP contribution in [0.15, 0.2) is 42.5 Å². The molecule has 0 unspecified atom stereocenters. The van der Waals surface area contributed by atoms with Crippen LogP contribution < -0.4 is 10.2 Å². The van der Waals surface area contributed by atoms with Crippen molar-refractivity contribution in [3.05, 3.63) is 64.7 Å². The van der Waals surface area contributed by atoms with Gasteiger partial charge >= 0.3 is 0 Å². The molecule has 5 aliphatic rings. The molecule has 3 amide bonds. The van der Waals surface area contributed by atoms with Crippen molar-refractivity contribution in [2.75, 3.05) is 4.90 Å². The lowest BCUT2D eigenvalue weighted by Gasteiger charge is -2.56. The van der Waals surface area contributed by atoms with Gasteiger partial charge in [0, 0.05) is 11.1 Å². The molecule has 1 N–H and O–H groups in total. The van der Waals surface area contributed by atoms with Crippen molar-refractivity contribution in [2.24, 2.45) is 17.8 Å². The number of hydrogen-bond donors (Lipinski definition) is 1. The molecule has 4 saturated carbocycles. The second-order valence-corrected chi connectivity index (χ2v) is 10.1. The Labute approximate surface area is 181 Å². The lowest BCUT2D eigenvalue weighted by molar-refractivity contribution is -0.0167. The molecule has 0 spiro atoms. The minimum absolute atomic E-state index is 0.0855. The van der Waals surface area contributed by atoms with E-state index < -0.39 is 0 Å². The Morgan fingerprint density at radius 3 is 2.16 bits per heavy atom. The molecule has 4 fully saturated rings. The van der Waals surface area contributed by atoms with Gasteiger partial charge in [-0.1, -0.05) is 18.2 Å². The van der Waals surface area contributed by atoms with E-state index in [0.29, 0.717) is 22.4 Å². The number of amides is 3. The minimum atomic E-state index is -0.362. The van der Waals surface area contributed by atoms with Gasteiger partial charge in [0.05, 0.1) is 16.8 Å². The molecule has 158 valence electrons. The van der Waals surface area contributed by atoms with E-state index in [4.69, 9.17) is 0 Å². The standard InChI is InChI=1S/C26H26N2O3/c1-15-4-2-3-5-22(15)28-24(30)20-7-6-19(11-21(20)25(28)31)23(29)27-26-12-16-8-17(13-26)10-18(9-16)14-26/h2-7,11,16-18H,8-10,12-14H2,1H3,(H,27,29). The number of rotatable bonds is 3. The summed E-state index contributed by atoms with van der Waals surface area (Å²) in [5.41, 5.74) is 2.50. The van der Waals surface area contributed by atoms with Crippen LogP contribution in [0.5, 0.6) is 0 Å². The van der Waals surface area contributed by atoms with E-state index in [1.165, 1.54) is 24.2 Å². The number of benzene rings is 2. The summed E-state index contributed by atoms with van der Waals surface area (Å²) in [5.74, 6) is 1.41. The van der Waals surface area contributed by atoms with Gasteiger partial charge in [0.2, 0.25) is 0 Å². The van der Waals surface area contributed by atoms with E-state index in [9.17, 15) is 14.4 Å². The normalized spacial score (nSPS) is 30.6. The quantitative estimate of drug-likeness (QED) is 0.753. The number of hydrogen-bond acceptors (Lipinski definition) is 3. The summed E-state index contributed by atoms with van der Waals surface area (Å²) in [6, 6.07) is 12.3. The average molecular weight is 415 g/mol. The molecule has 1 heterocycles. The largest absolute Gasteiger partial charge is 0.347 e. The van der Waals surface area contributed by atoms with Gasteiger partial charge in [-0.15, -0.1) is 0 Å². The van der Waals surface area contributed by atoms with E-state index >= 15 is 0 Å². The highest BCUT2D eigenvalue weighted by molar-refractivity contribution is 6.35. The number of imide groups is 1. The lowest BCUT2D eigenvalue weighted by atomic mass is 9.53. The van der Waals surface area contributed by atoms with Crippen molar-refractivity contribution in [1.82, 2.24) is 5.32 Å². The summed E-state index contributed by atoms with van der Waals surface area (Å²) >= 11 is 0. The molecular formula is C26H26N2O3. The molecular weight excluding hydrogens is 388 g/mol. The van der Waals surface area contributed by atoms with E-state index in [2.05, 4.69) is 5.32 Å². The molecule has 31 heavy (non-hydrogen) atoms. The number of carbonyl (C=O) groups excluding carboxylic acids is 3. The maximum atomic E-state index is 13.2. The van der Waals surface area contributed by atoms with Crippen LogP contribution in [0.25, 0.3) is 0 Å². The molecule has 5 heteroatoms. The molecule has 1 aliphatic heterocycles. The molecule has 0 saturated heterocycles. The van der Waals surface area contributed by atoms with Crippen molar-refractivity contribution < 1.29 is 14.4 Å². The Kier molecular flexibility index (Phi) is 3.95. The van der Waals surface area contributed by atoms with Crippen molar-refractivity contribution in [3.8, 4) is 0 Å². The first kappa shape index (κ1) is 18.8. The van der Waals surface area contributed by atoms with Gasteiger partial charge in [0.15, 0.2) is 0 Å². The number of anilines is 1. The van der Waals surface area contributed by atoms with Crippen LogP contribution in [0.3, 0.4) is 0 Å². The summed E-state index contributed by atoms with van der Waals surface area (Å²) in [4.78, 5) is 40.5. The van der Waals surface area contributed by atoms with Crippen molar-refractivity contribution in [1.29, 1.82) is 0 Å². The van der Waals surface area contributed by atoms with E-state index in [1.54, 1.807) is 24.3 Å². The predicted octanol–water partition coefficient (Wildman–Crippen LogP) is 4.49. The molecule has 5 nitrogen and oxygen atoms in total. The fourth-order valence-corrected chi connectivity index (χ4v) is 6.99. The van der Waals surface area contributed by atoms with Crippen LogP contribution in [0.2, 0.25) is 0 Å². The number of para-hydroxylation sites is 1. The SMILES string of the molecule is Cc1ccccc1N1C(=O)c2ccc(C(=O)NC34CC5CC(CC(C5)C3)C4)cc2C1=O. The number of nitrogens with zero attached hydrogens (tertiary/aromatic N) is 1. The zero-order valence-corrected chi connectivity index (χ0v) is 17.7. The van der Waals surface area contributed by atoms with Gasteiger partial charge in [0.25, 0.3) is 17.7 Å². The van der Waals surface area contributed by atoms with Gasteiger partial charge in [-0.05, 0) is 93.0 Å². The van der Waals surface area contributed by atoms with Gasteiger partial charge < -0.3 is 5.32 Å². The number of carbonyl (C=O) groups is 3.